The monoisotopic (exact) mass is 323 g/mol. The molecule has 116 valence electrons. The highest BCUT2D eigenvalue weighted by molar-refractivity contribution is 6.30. The van der Waals surface area contributed by atoms with Gasteiger partial charge in [0.2, 0.25) is 5.95 Å². The molecule has 0 saturated carbocycles. The minimum absolute atomic E-state index is 0.750. The van der Waals surface area contributed by atoms with Crippen molar-refractivity contribution in [1.82, 2.24) is 9.55 Å². The van der Waals surface area contributed by atoms with Crippen molar-refractivity contribution in [3.63, 3.8) is 0 Å². The van der Waals surface area contributed by atoms with Crippen LogP contribution in [0.2, 0.25) is 5.02 Å². The van der Waals surface area contributed by atoms with Gasteiger partial charge in [0, 0.05) is 35.6 Å². The number of halogens is 1. The van der Waals surface area contributed by atoms with Gasteiger partial charge >= 0.3 is 0 Å². The Balaban J connectivity index is 1.82. The van der Waals surface area contributed by atoms with Gasteiger partial charge in [-0.05, 0) is 37.1 Å². The van der Waals surface area contributed by atoms with E-state index in [4.69, 9.17) is 16.6 Å². The van der Waals surface area contributed by atoms with Gasteiger partial charge in [-0.1, -0.05) is 41.9 Å². The first kappa shape index (κ1) is 14.3. The van der Waals surface area contributed by atoms with Gasteiger partial charge in [0.05, 0.1) is 5.69 Å². The molecule has 0 unspecified atom stereocenters. The van der Waals surface area contributed by atoms with Crippen molar-refractivity contribution in [1.29, 1.82) is 0 Å². The van der Waals surface area contributed by atoms with Crippen molar-refractivity contribution >= 4 is 17.5 Å². The first-order chi connectivity index (χ1) is 11.3. The van der Waals surface area contributed by atoms with Crippen LogP contribution in [0.15, 0.2) is 60.8 Å². The fraction of sp³-hybridized carbons (Fsp3) is 0.211. The molecule has 2 aromatic carbocycles. The molecule has 1 saturated heterocycles. The standard InChI is InChI=1S/C19H18ClN3/c20-16-8-10-17(11-9-16)23-14-18(15-6-2-1-3-7-15)21-19(23)22-12-4-5-13-22/h1-3,6-11,14H,4-5,12-13H2. The van der Waals surface area contributed by atoms with E-state index in [-0.39, 0.29) is 0 Å². The van der Waals surface area contributed by atoms with Crippen LogP contribution in [0.4, 0.5) is 5.95 Å². The topological polar surface area (TPSA) is 21.1 Å². The maximum atomic E-state index is 6.03. The number of anilines is 1. The fourth-order valence-corrected chi connectivity index (χ4v) is 3.18. The largest absolute Gasteiger partial charge is 0.342 e. The van der Waals surface area contributed by atoms with Crippen molar-refractivity contribution in [3.8, 4) is 16.9 Å². The summed E-state index contributed by atoms with van der Waals surface area (Å²) in [6, 6.07) is 18.3. The van der Waals surface area contributed by atoms with Gasteiger partial charge in [-0.25, -0.2) is 4.98 Å². The van der Waals surface area contributed by atoms with E-state index in [1.54, 1.807) is 0 Å². The van der Waals surface area contributed by atoms with Crippen molar-refractivity contribution in [2.45, 2.75) is 12.8 Å². The van der Waals surface area contributed by atoms with E-state index in [0.717, 1.165) is 41.0 Å². The zero-order valence-corrected chi connectivity index (χ0v) is 13.6. The molecule has 0 bridgehead atoms. The van der Waals surface area contributed by atoms with Crippen molar-refractivity contribution < 1.29 is 0 Å². The molecular formula is C19H18ClN3. The maximum Gasteiger partial charge on any atom is 0.210 e. The normalized spacial score (nSPS) is 14.4. The molecule has 0 spiro atoms. The molecule has 3 nitrogen and oxygen atoms in total. The number of benzene rings is 2. The highest BCUT2D eigenvalue weighted by atomic mass is 35.5. The molecule has 0 atom stereocenters. The van der Waals surface area contributed by atoms with Crippen LogP contribution < -0.4 is 4.90 Å². The average molecular weight is 324 g/mol. The zero-order valence-electron chi connectivity index (χ0n) is 12.8. The lowest BCUT2D eigenvalue weighted by molar-refractivity contribution is 0.875. The Morgan fingerprint density at radius 2 is 1.57 bits per heavy atom. The predicted octanol–water partition coefficient (Wildman–Crippen LogP) is 4.79. The van der Waals surface area contributed by atoms with Crippen LogP contribution >= 0.6 is 11.6 Å². The molecule has 1 aliphatic heterocycles. The molecule has 2 heterocycles. The Morgan fingerprint density at radius 3 is 2.26 bits per heavy atom. The molecule has 1 fully saturated rings. The van der Waals surface area contributed by atoms with Crippen molar-refractivity contribution in [2.24, 2.45) is 0 Å². The Kier molecular flexibility index (Phi) is 3.80. The average Bonchev–Trinajstić information content (AvgIpc) is 3.26. The molecule has 4 rings (SSSR count). The first-order valence-electron chi connectivity index (χ1n) is 7.97. The summed E-state index contributed by atoms with van der Waals surface area (Å²) in [7, 11) is 0. The van der Waals surface area contributed by atoms with Crippen molar-refractivity contribution in [2.75, 3.05) is 18.0 Å². The van der Waals surface area contributed by atoms with Crippen LogP contribution in [0, 0.1) is 0 Å². The van der Waals surface area contributed by atoms with Crippen LogP contribution in [0.3, 0.4) is 0 Å². The molecular weight excluding hydrogens is 306 g/mol. The Morgan fingerprint density at radius 1 is 0.870 bits per heavy atom. The third-order valence-corrected chi connectivity index (χ3v) is 4.50. The maximum absolute atomic E-state index is 6.03. The number of nitrogens with zero attached hydrogens (tertiary/aromatic N) is 3. The molecule has 0 N–H and O–H groups in total. The lowest BCUT2D eigenvalue weighted by atomic mass is 10.2. The number of hydrogen-bond donors (Lipinski definition) is 0. The Hall–Kier alpha value is -2.26. The van der Waals surface area contributed by atoms with E-state index >= 15 is 0 Å². The third-order valence-electron chi connectivity index (χ3n) is 4.25. The van der Waals surface area contributed by atoms with E-state index < -0.39 is 0 Å². The molecule has 23 heavy (non-hydrogen) atoms. The molecule has 0 aliphatic carbocycles. The highest BCUT2D eigenvalue weighted by Gasteiger charge is 2.20. The smallest absolute Gasteiger partial charge is 0.210 e. The summed E-state index contributed by atoms with van der Waals surface area (Å²) in [5, 5.41) is 0.750. The SMILES string of the molecule is Clc1ccc(-n2cc(-c3ccccc3)nc2N2CCCC2)cc1. The minimum Gasteiger partial charge on any atom is -0.342 e. The zero-order chi connectivity index (χ0) is 15.6. The summed E-state index contributed by atoms with van der Waals surface area (Å²) in [5.74, 6) is 1.02. The molecule has 3 aromatic rings. The lowest BCUT2D eigenvalue weighted by Gasteiger charge is -2.18. The number of rotatable bonds is 3. The van der Waals surface area contributed by atoms with Crippen LogP contribution in [0.1, 0.15) is 12.8 Å². The van der Waals surface area contributed by atoms with Crippen LogP contribution in [-0.2, 0) is 0 Å². The fourth-order valence-electron chi connectivity index (χ4n) is 3.05. The second kappa shape index (κ2) is 6.09. The van der Waals surface area contributed by atoms with Gasteiger partial charge in [0.25, 0.3) is 0 Å². The molecule has 1 aromatic heterocycles. The van der Waals surface area contributed by atoms with Crippen molar-refractivity contribution in [3.05, 3.63) is 65.8 Å². The summed E-state index contributed by atoms with van der Waals surface area (Å²) >= 11 is 6.03. The molecule has 4 heteroatoms. The third kappa shape index (κ3) is 2.84. The second-order valence-electron chi connectivity index (χ2n) is 5.83. The van der Waals surface area contributed by atoms with Gasteiger partial charge in [-0.2, -0.15) is 0 Å². The lowest BCUT2D eigenvalue weighted by Crippen LogP contribution is -2.21. The Labute approximate surface area is 141 Å². The van der Waals surface area contributed by atoms with Gasteiger partial charge in [0.15, 0.2) is 0 Å². The van der Waals surface area contributed by atoms with Gasteiger partial charge < -0.3 is 4.90 Å². The van der Waals surface area contributed by atoms with Gasteiger partial charge in [-0.3, -0.25) is 4.57 Å². The number of aromatic nitrogens is 2. The summed E-state index contributed by atoms with van der Waals surface area (Å²) in [4.78, 5) is 7.28. The summed E-state index contributed by atoms with van der Waals surface area (Å²) in [6.45, 7) is 2.14. The van der Waals surface area contributed by atoms with Gasteiger partial charge in [-0.15, -0.1) is 0 Å². The summed E-state index contributed by atoms with van der Waals surface area (Å²) in [6.07, 6.45) is 4.58. The van der Waals surface area contributed by atoms with Gasteiger partial charge in [0.1, 0.15) is 0 Å². The predicted molar refractivity (Wildman–Crippen MR) is 95.5 cm³/mol. The summed E-state index contributed by atoms with van der Waals surface area (Å²) in [5.41, 5.74) is 3.23. The van der Waals surface area contributed by atoms with E-state index in [1.807, 2.05) is 42.5 Å². The number of hydrogen-bond acceptors (Lipinski definition) is 2. The van der Waals surface area contributed by atoms with Crippen LogP contribution in [0.25, 0.3) is 16.9 Å². The molecule has 0 amide bonds. The second-order valence-corrected chi connectivity index (χ2v) is 6.27. The van der Waals surface area contributed by atoms with E-state index in [0.29, 0.717) is 0 Å². The van der Waals surface area contributed by atoms with Crippen LogP contribution in [0.5, 0.6) is 0 Å². The summed E-state index contributed by atoms with van der Waals surface area (Å²) < 4.78 is 2.17. The van der Waals surface area contributed by atoms with E-state index in [1.165, 1.54) is 12.8 Å². The Bertz CT molecular complexity index is 787. The minimum atomic E-state index is 0.750. The quantitative estimate of drug-likeness (QED) is 0.690. The van der Waals surface area contributed by atoms with E-state index in [2.05, 4.69) is 27.8 Å². The first-order valence-corrected chi connectivity index (χ1v) is 8.35. The highest BCUT2D eigenvalue weighted by Crippen LogP contribution is 2.28. The van der Waals surface area contributed by atoms with E-state index in [9.17, 15) is 0 Å². The molecule has 0 radical (unpaired) electrons. The number of imidazole rings is 1. The molecule has 1 aliphatic rings. The van der Waals surface area contributed by atoms with Crippen LogP contribution in [-0.4, -0.2) is 22.6 Å².